The monoisotopic (exact) mass is 494 g/mol. The number of nitrogens with zero attached hydrogens (tertiary/aromatic N) is 2. The van der Waals surface area contributed by atoms with Gasteiger partial charge in [-0.25, -0.2) is 8.78 Å². The first kappa shape index (κ1) is 25.6. The molecule has 10 heteroatoms. The summed E-state index contributed by atoms with van der Waals surface area (Å²) in [4.78, 5) is 17.7. The average molecular weight is 495 g/mol. The summed E-state index contributed by atoms with van der Waals surface area (Å²) in [6, 6.07) is 5.12. The van der Waals surface area contributed by atoms with Crippen LogP contribution in [0.3, 0.4) is 0 Å². The second kappa shape index (κ2) is 11.9. The fourth-order valence-electron chi connectivity index (χ4n) is 3.39. The third-order valence-electron chi connectivity index (χ3n) is 4.71. The highest BCUT2D eigenvalue weighted by Crippen LogP contribution is 2.39. The molecule has 0 bridgehead atoms. The van der Waals surface area contributed by atoms with Crippen LogP contribution in [0.4, 0.5) is 8.78 Å². The van der Waals surface area contributed by atoms with E-state index in [0.717, 1.165) is 17.4 Å². The SMILES string of the molecule is CCOCCn1c(=NC(=O)c2cc(OCC)c(OCC)c(OCC)c2)sc2cc(F)cc(F)c21. The van der Waals surface area contributed by atoms with Gasteiger partial charge in [0, 0.05) is 24.8 Å². The van der Waals surface area contributed by atoms with E-state index in [1.54, 1.807) is 12.1 Å². The molecule has 184 valence electrons. The Kier molecular flexibility index (Phi) is 9.00. The molecule has 0 N–H and O–H groups in total. The van der Waals surface area contributed by atoms with Crippen molar-refractivity contribution in [3.8, 4) is 17.2 Å². The molecule has 2 aromatic carbocycles. The maximum atomic E-state index is 14.6. The predicted molar refractivity (Wildman–Crippen MR) is 126 cm³/mol. The zero-order valence-corrected chi connectivity index (χ0v) is 20.5. The second-order valence-corrected chi connectivity index (χ2v) is 7.99. The Morgan fingerprint density at radius 3 is 2.18 bits per heavy atom. The molecular weight excluding hydrogens is 466 g/mol. The molecule has 0 saturated heterocycles. The van der Waals surface area contributed by atoms with Gasteiger partial charge in [0.05, 0.1) is 36.6 Å². The van der Waals surface area contributed by atoms with Crippen molar-refractivity contribution in [2.45, 2.75) is 34.2 Å². The van der Waals surface area contributed by atoms with E-state index in [4.69, 9.17) is 18.9 Å². The molecule has 7 nitrogen and oxygen atoms in total. The number of carbonyl (C=O) groups is 1. The molecular formula is C24H28F2N2O5S. The minimum Gasteiger partial charge on any atom is -0.490 e. The average Bonchev–Trinajstić information content (AvgIpc) is 3.13. The van der Waals surface area contributed by atoms with E-state index < -0.39 is 17.5 Å². The Balaban J connectivity index is 2.13. The Morgan fingerprint density at radius 2 is 1.59 bits per heavy atom. The van der Waals surface area contributed by atoms with E-state index >= 15 is 0 Å². The highest BCUT2D eigenvalue weighted by molar-refractivity contribution is 7.16. The molecule has 34 heavy (non-hydrogen) atoms. The topological polar surface area (TPSA) is 71.3 Å². The number of aromatic nitrogens is 1. The van der Waals surface area contributed by atoms with Crippen LogP contribution < -0.4 is 19.0 Å². The summed E-state index contributed by atoms with van der Waals surface area (Å²) in [5, 5.41) is 0. The number of hydrogen-bond donors (Lipinski definition) is 0. The molecule has 0 radical (unpaired) electrons. The number of hydrogen-bond acceptors (Lipinski definition) is 6. The van der Waals surface area contributed by atoms with E-state index in [2.05, 4.69) is 4.99 Å². The predicted octanol–water partition coefficient (Wildman–Crippen LogP) is 4.95. The van der Waals surface area contributed by atoms with Crippen molar-refractivity contribution in [3.63, 3.8) is 0 Å². The van der Waals surface area contributed by atoms with Gasteiger partial charge in [-0.15, -0.1) is 0 Å². The van der Waals surface area contributed by atoms with E-state index in [-0.39, 0.29) is 29.0 Å². The van der Waals surface area contributed by atoms with Crippen LogP contribution in [-0.2, 0) is 11.3 Å². The summed E-state index contributed by atoms with van der Waals surface area (Å²) < 4.78 is 52.7. The largest absolute Gasteiger partial charge is 0.490 e. The summed E-state index contributed by atoms with van der Waals surface area (Å²) in [5.41, 5.74) is 0.394. The quantitative estimate of drug-likeness (QED) is 0.353. The highest BCUT2D eigenvalue weighted by Gasteiger charge is 2.19. The fourth-order valence-corrected chi connectivity index (χ4v) is 4.48. The molecule has 0 saturated carbocycles. The van der Waals surface area contributed by atoms with Gasteiger partial charge in [0.2, 0.25) is 5.75 Å². The van der Waals surface area contributed by atoms with Crippen molar-refractivity contribution in [1.29, 1.82) is 0 Å². The molecule has 0 spiro atoms. The number of halogens is 2. The molecule has 0 unspecified atom stereocenters. The van der Waals surface area contributed by atoms with Crippen LogP contribution in [0, 0.1) is 11.6 Å². The van der Waals surface area contributed by atoms with Gasteiger partial charge in [-0.1, -0.05) is 11.3 Å². The second-order valence-electron chi connectivity index (χ2n) is 6.99. The van der Waals surface area contributed by atoms with Crippen molar-refractivity contribution in [1.82, 2.24) is 4.57 Å². The fraction of sp³-hybridized carbons (Fsp3) is 0.417. The van der Waals surface area contributed by atoms with Crippen LogP contribution in [0.15, 0.2) is 29.3 Å². The maximum Gasteiger partial charge on any atom is 0.279 e. The van der Waals surface area contributed by atoms with E-state index in [9.17, 15) is 13.6 Å². The van der Waals surface area contributed by atoms with Gasteiger partial charge in [-0.3, -0.25) is 4.79 Å². The van der Waals surface area contributed by atoms with Crippen LogP contribution in [0.1, 0.15) is 38.1 Å². The number of fused-ring (bicyclic) bond motifs is 1. The zero-order valence-electron chi connectivity index (χ0n) is 19.7. The summed E-state index contributed by atoms with van der Waals surface area (Å²) >= 11 is 1.03. The van der Waals surface area contributed by atoms with Crippen molar-refractivity contribution >= 4 is 27.5 Å². The number of benzene rings is 2. The first-order valence-corrected chi connectivity index (χ1v) is 12.0. The van der Waals surface area contributed by atoms with Crippen molar-refractivity contribution in [2.24, 2.45) is 4.99 Å². The van der Waals surface area contributed by atoms with Gasteiger partial charge < -0.3 is 23.5 Å². The lowest BCUT2D eigenvalue weighted by Gasteiger charge is -2.16. The van der Waals surface area contributed by atoms with Gasteiger partial charge in [0.1, 0.15) is 5.82 Å². The van der Waals surface area contributed by atoms with Crippen LogP contribution in [-0.4, -0.2) is 43.5 Å². The first-order chi connectivity index (χ1) is 16.4. The molecule has 0 aliphatic rings. The van der Waals surface area contributed by atoms with E-state index in [1.807, 2.05) is 27.7 Å². The Morgan fingerprint density at radius 1 is 0.941 bits per heavy atom. The summed E-state index contributed by atoms with van der Waals surface area (Å²) in [6.07, 6.45) is 0. The number of rotatable bonds is 11. The Bertz CT molecular complexity index is 1200. The third-order valence-corrected chi connectivity index (χ3v) is 5.74. The lowest BCUT2D eigenvalue weighted by Crippen LogP contribution is -2.20. The van der Waals surface area contributed by atoms with Crippen molar-refractivity contribution in [2.75, 3.05) is 33.0 Å². The summed E-state index contributed by atoms with van der Waals surface area (Å²) in [7, 11) is 0. The minimum absolute atomic E-state index is 0.175. The van der Waals surface area contributed by atoms with Gasteiger partial charge in [0.25, 0.3) is 5.91 Å². The third kappa shape index (κ3) is 5.74. The highest BCUT2D eigenvalue weighted by atomic mass is 32.1. The van der Waals surface area contributed by atoms with Gasteiger partial charge >= 0.3 is 0 Å². The van der Waals surface area contributed by atoms with E-state index in [0.29, 0.717) is 48.4 Å². The van der Waals surface area contributed by atoms with Gasteiger partial charge in [0.15, 0.2) is 22.1 Å². The maximum absolute atomic E-state index is 14.6. The smallest absolute Gasteiger partial charge is 0.279 e. The molecule has 1 heterocycles. The molecule has 0 aliphatic heterocycles. The standard InChI is InChI=1S/C24H28F2N2O5S/c1-5-30-10-9-28-21-17(26)13-16(25)14-20(21)34-24(28)27-23(29)15-11-18(31-6-2)22(33-8-4)19(12-15)32-7-3/h11-14H,5-10H2,1-4H3. The lowest BCUT2D eigenvalue weighted by molar-refractivity contribution is 0.0995. The molecule has 0 fully saturated rings. The van der Waals surface area contributed by atoms with Gasteiger partial charge in [-0.2, -0.15) is 4.99 Å². The zero-order chi connectivity index (χ0) is 24.7. The number of thiazole rings is 1. The normalized spacial score (nSPS) is 11.8. The molecule has 3 aromatic rings. The Labute approximate surface area is 200 Å². The van der Waals surface area contributed by atoms with Crippen LogP contribution >= 0.6 is 11.3 Å². The molecule has 0 atom stereocenters. The summed E-state index contributed by atoms with van der Waals surface area (Å²) in [6.45, 7) is 9.45. The van der Waals surface area contributed by atoms with Crippen molar-refractivity contribution in [3.05, 3.63) is 46.3 Å². The minimum atomic E-state index is -0.727. The van der Waals surface area contributed by atoms with Crippen LogP contribution in [0.25, 0.3) is 10.2 Å². The number of carbonyl (C=O) groups excluding carboxylic acids is 1. The first-order valence-electron chi connectivity index (χ1n) is 11.1. The van der Waals surface area contributed by atoms with Crippen molar-refractivity contribution < 1.29 is 32.5 Å². The number of ether oxygens (including phenoxy) is 4. The molecule has 0 aliphatic carbocycles. The molecule has 1 aromatic heterocycles. The number of amides is 1. The Hall–Kier alpha value is -2.98. The van der Waals surface area contributed by atoms with Crippen LogP contribution in [0.5, 0.6) is 17.2 Å². The lowest BCUT2D eigenvalue weighted by atomic mass is 10.1. The molecule has 3 rings (SSSR count). The molecule has 1 amide bonds. The van der Waals surface area contributed by atoms with Gasteiger partial charge in [-0.05, 0) is 45.9 Å². The van der Waals surface area contributed by atoms with Crippen LogP contribution in [0.2, 0.25) is 0 Å². The van der Waals surface area contributed by atoms with E-state index in [1.165, 1.54) is 10.6 Å². The summed E-state index contributed by atoms with van der Waals surface area (Å²) in [5.74, 6) is -0.869.